The molecule has 2 rings (SSSR count). The smallest absolute Gasteiger partial charge is 0.120 e. The first-order valence-corrected chi connectivity index (χ1v) is 6.80. The van der Waals surface area contributed by atoms with Gasteiger partial charge in [-0.1, -0.05) is 36.1 Å². The third-order valence-electron chi connectivity index (χ3n) is 2.88. The molecule has 0 bridgehead atoms. The van der Waals surface area contributed by atoms with Crippen LogP contribution in [0.5, 0.6) is 5.75 Å². The highest BCUT2D eigenvalue weighted by Crippen LogP contribution is 2.16. The van der Waals surface area contributed by atoms with Gasteiger partial charge in [-0.2, -0.15) is 0 Å². The van der Waals surface area contributed by atoms with E-state index in [1.165, 1.54) is 0 Å². The number of ether oxygens (including phenoxy) is 2. The van der Waals surface area contributed by atoms with Crippen LogP contribution in [0, 0.1) is 11.8 Å². The molecule has 108 valence electrons. The Balaban J connectivity index is 2.01. The molecule has 0 amide bonds. The highest BCUT2D eigenvalue weighted by atomic mass is 16.5. The molecule has 0 atom stereocenters. The van der Waals surface area contributed by atoms with Crippen molar-refractivity contribution < 1.29 is 9.47 Å². The second-order valence-corrected chi connectivity index (χ2v) is 4.58. The van der Waals surface area contributed by atoms with Gasteiger partial charge in [0, 0.05) is 12.7 Å². The van der Waals surface area contributed by atoms with Crippen molar-refractivity contribution in [2.45, 2.75) is 13.2 Å². The van der Waals surface area contributed by atoms with E-state index in [4.69, 9.17) is 15.2 Å². The summed E-state index contributed by atoms with van der Waals surface area (Å²) in [5, 5.41) is 0. The second kappa shape index (κ2) is 8.11. The fraction of sp³-hybridized carbons (Fsp3) is 0.222. The first-order chi connectivity index (χ1) is 10.3. The Morgan fingerprint density at radius 1 is 1.00 bits per heavy atom. The summed E-state index contributed by atoms with van der Waals surface area (Å²) in [5.74, 6) is 6.71. The molecule has 0 radical (unpaired) electrons. The zero-order valence-corrected chi connectivity index (χ0v) is 12.1. The molecular weight excluding hydrogens is 262 g/mol. The number of nitrogens with two attached hydrogens (primary N) is 1. The molecule has 3 nitrogen and oxygen atoms in total. The monoisotopic (exact) mass is 281 g/mol. The highest BCUT2D eigenvalue weighted by Gasteiger charge is 1.99. The van der Waals surface area contributed by atoms with E-state index < -0.39 is 0 Å². The maximum atomic E-state index is 5.81. The Kier molecular flexibility index (Phi) is 5.83. The lowest BCUT2D eigenvalue weighted by molar-refractivity contribution is 0.184. The van der Waals surface area contributed by atoms with Crippen LogP contribution in [0.3, 0.4) is 0 Å². The Hall–Kier alpha value is -2.28. The summed E-state index contributed by atoms with van der Waals surface area (Å²) < 4.78 is 10.9. The molecule has 0 fully saturated rings. The Morgan fingerprint density at radius 3 is 2.52 bits per heavy atom. The number of methoxy groups -OCH3 is 1. The van der Waals surface area contributed by atoms with Crippen LogP contribution in [0.4, 0.5) is 0 Å². The first-order valence-electron chi connectivity index (χ1n) is 6.80. The molecular formula is C18H19NO2. The quantitative estimate of drug-likeness (QED) is 0.857. The van der Waals surface area contributed by atoms with Crippen molar-refractivity contribution in [3.8, 4) is 17.6 Å². The third-order valence-corrected chi connectivity index (χ3v) is 2.88. The highest BCUT2D eigenvalue weighted by molar-refractivity contribution is 5.37. The van der Waals surface area contributed by atoms with Crippen molar-refractivity contribution in [3.63, 3.8) is 0 Å². The van der Waals surface area contributed by atoms with Crippen LogP contribution in [-0.4, -0.2) is 13.7 Å². The van der Waals surface area contributed by atoms with Crippen LogP contribution in [0.15, 0.2) is 48.5 Å². The molecule has 0 saturated carbocycles. The van der Waals surface area contributed by atoms with Crippen LogP contribution in [0.1, 0.15) is 16.7 Å². The van der Waals surface area contributed by atoms with Gasteiger partial charge in [-0.3, -0.25) is 0 Å². The summed E-state index contributed by atoms with van der Waals surface area (Å²) in [6, 6.07) is 15.9. The van der Waals surface area contributed by atoms with Crippen molar-refractivity contribution in [2.75, 3.05) is 13.7 Å². The molecule has 0 aliphatic rings. The fourth-order valence-electron chi connectivity index (χ4n) is 1.95. The van der Waals surface area contributed by atoms with Crippen molar-refractivity contribution in [1.29, 1.82) is 0 Å². The molecule has 0 unspecified atom stereocenters. The van der Waals surface area contributed by atoms with E-state index in [1.807, 2.05) is 48.5 Å². The number of rotatable bonds is 5. The van der Waals surface area contributed by atoms with Gasteiger partial charge in [-0.15, -0.1) is 0 Å². The molecule has 0 aromatic heterocycles. The minimum absolute atomic E-state index is 0.368. The van der Waals surface area contributed by atoms with Crippen molar-refractivity contribution in [2.24, 2.45) is 5.73 Å². The summed E-state index contributed by atoms with van der Waals surface area (Å²) in [6.45, 7) is 1.46. The minimum Gasteiger partial charge on any atom is -0.489 e. The molecule has 2 aromatic carbocycles. The standard InChI is InChI=1S/C18H19NO2/c1-20-13-17-7-3-9-18(12-17)21-14-16-6-2-5-15(11-16)8-4-10-19/h2-3,5-7,9,11-12H,10,13-14,19H2,1H3. The summed E-state index contributed by atoms with van der Waals surface area (Å²) >= 11 is 0. The van der Waals surface area contributed by atoms with Gasteiger partial charge in [-0.25, -0.2) is 0 Å². The molecule has 21 heavy (non-hydrogen) atoms. The van der Waals surface area contributed by atoms with Crippen molar-refractivity contribution in [3.05, 3.63) is 65.2 Å². The average Bonchev–Trinajstić information content (AvgIpc) is 2.52. The fourth-order valence-corrected chi connectivity index (χ4v) is 1.95. The maximum absolute atomic E-state index is 5.81. The van der Waals surface area contributed by atoms with E-state index in [0.717, 1.165) is 22.4 Å². The van der Waals surface area contributed by atoms with E-state index in [-0.39, 0.29) is 0 Å². The number of benzene rings is 2. The van der Waals surface area contributed by atoms with Gasteiger partial charge >= 0.3 is 0 Å². The van der Waals surface area contributed by atoms with E-state index >= 15 is 0 Å². The Morgan fingerprint density at radius 2 is 1.76 bits per heavy atom. The molecule has 0 spiro atoms. The summed E-state index contributed by atoms with van der Waals surface area (Å²) in [5.41, 5.74) is 8.51. The number of hydrogen-bond donors (Lipinski definition) is 1. The molecule has 2 aromatic rings. The van der Waals surface area contributed by atoms with Crippen LogP contribution in [-0.2, 0) is 18.0 Å². The molecule has 3 heteroatoms. The van der Waals surface area contributed by atoms with Gasteiger partial charge in [0.15, 0.2) is 0 Å². The molecule has 0 aliphatic heterocycles. The summed E-state index contributed by atoms with van der Waals surface area (Å²) in [4.78, 5) is 0. The predicted octanol–water partition coefficient (Wildman–Crippen LogP) is 2.72. The summed E-state index contributed by atoms with van der Waals surface area (Å²) in [7, 11) is 1.68. The Labute approximate surface area is 125 Å². The topological polar surface area (TPSA) is 44.5 Å². The summed E-state index contributed by atoms with van der Waals surface area (Å²) in [6.07, 6.45) is 0. The van der Waals surface area contributed by atoms with Crippen molar-refractivity contribution in [1.82, 2.24) is 0 Å². The van der Waals surface area contributed by atoms with Gasteiger partial charge in [0.25, 0.3) is 0 Å². The minimum atomic E-state index is 0.368. The molecule has 0 heterocycles. The van der Waals surface area contributed by atoms with E-state index in [9.17, 15) is 0 Å². The van der Waals surface area contributed by atoms with Gasteiger partial charge in [-0.05, 0) is 35.4 Å². The van der Waals surface area contributed by atoms with Crippen LogP contribution < -0.4 is 10.5 Å². The number of hydrogen-bond acceptors (Lipinski definition) is 3. The Bertz CT molecular complexity index is 641. The zero-order chi connectivity index (χ0) is 14.9. The van der Waals surface area contributed by atoms with Crippen LogP contribution in [0.25, 0.3) is 0 Å². The zero-order valence-electron chi connectivity index (χ0n) is 12.1. The van der Waals surface area contributed by atoms with Gasteiger partial charge < -0.3 is 15.2 Å². The average molecular weight is 281 g/mol. The third kappa shape index (κ3) is 4.96. The van der Waals surface area contributed by atoms with Gasteiger partial charge in [0.05, 0.1) is 13.2 Å². The van der Waals surface area contributed by atoms with E-state index in [0.29, 0.717) is 19.8 Å². The second-order valence-electron chi connectivity index (χ2n) is 4.58. The molecule has 0 saturated heterocycles. The lowest BCUT2D eigenvalue weighted by Gasteiger charge is -2.08. The van der Waals surface area contributed by atoms with E-state index in [2.05, 4.69) is 11.8 Å². The van der Waals surface area contributed by atoms with Gasteiger partial charge in [0.2, 0.25) is 0 Å². The SMILES string of the molecule is COCc1cccc(OCc2cccc(C#CCN)c2)c1. The van der Waals surface area contributed by atoms with Gasteiger partial charge in [0.1, 0.15) is 12.4 Å². The largest absolute Gasteiger partial charge is 0.489 e. The maximum Gasteiger partial charge on any atom is 0.120 e. The lowest BCUT2D eigenvalue weighted by atomic mass is 10.1. The van der Waals surface area contributed by atoms with Crippen LogP contribution >= 0.6 is 0 Å². The van der Waals surface area contributed by atoms with Crippen molar-refractivity contribution >= 4 is 0 Å². The lowest BCUT2D eigenvalue weighted by Crippen LogP contribution is -1.97. The van der Waals surface area contributed by atoms with Crippen LogP contribution in [0.2, 0.25) is 0 Å². The normalized spacial score (nSPS) is 9.81. The first kappa shape index (κ1) is 15.1. The predicted molar refractivity (Wildman–Crippen MR) is 83.9 cm³/mol. The molecule has 2 N–H and O–H groups in total. The van der Waals surface area contributed by atoms with E-state index in [1.54, 1.807) is 7.11 Å². The molecule has 0 aliphatic carbocycles.